The Kier molecular flexibility index (Phi) is 7.24. The van der Waals surface area contributed by atoms with Crippen molar-refractivity contribution >= 4 is 59.6 Å². The molecular formula is C30H32BIN6O2. The zero-order chi connectivity index (χ0) is 28.0. The molecule has 1 aromatic carbocycles. The number of anilines is 3. The van der Waals surface area contributed by atoms with Gasteiger partial charge in [-0.2, -0.15) is 0 Å². The SMILES string of the molecule is [B]C1(C(C)OI)CCC(C)CN(c2ccc(Nc3ccc(-c4cnc5cc(C)ccn45)c4c3C(=O)NC4)nc2)C1. The second kappa shape index (κ2) is 10.7. The van der Waals surface area contributed by atoms with E-state index < -0.39 is 5.31 Å². The summed E-state index contributed by atoms with van der Waals surface area (Å²) in [5.74, 6) is 1.10. The van der Waals surface area contributed by atoms with Crippen LogP contribution in [0.15, 0.2) is 55.0 Å². The van der Waals surface area contributed by atoms with Gasteiger partial charge in [-0.15, -0.1) is 0 Å². The van der Waals surface area contributed by atoms with E-state index in [2.05, 4.69) is 63.0 Å². The number of carbonyl (C=O) groups is 1. The molecule has 10 heteroatoms. The lowest BCUT2D eigenvalue weighted by atomic mass is 9.62. The Morgan fingerprint density at radius 1 is 1.23 bits per heavy atom. The summed E-state index contributed by atoms with van der Waals surface area (Å²) >= 11 is 1.95. The molecule has 6 rings (SSSR count). The lowest BCUT2D eigenvalue weighted by Gasteiger charge is -2.38. The number of carbonyl (C=O) groups excluding carboxylic acids is 1. The van der Waals surface area contributed by atoms with Crippen LogP contribution in [-0.2, 0) is 9.61 Å². The van der Waals surface area contributed by atoms with Crippen LogP contribution in [0, 0.1) is 12.8 Å². The number of nitrogens with zero attached hydrogens (tertiary/aromatic N) is 4. The maximum absolute atomic E-state index is 12.9. The number of amides is 1. The van der Waals surface area contributed by atoms with E-state index in [-0.39, 0.29) is 12.0 Å². The van der Waals surface area contributed by atoms with Gasteiger partial charge in [0.1, 0.15) is 34.5 Å². The molecule has 0 bridgehead atoms. The monoisotopic (exact) mass is 646 g/mol. The Labute approximate surface area is 250 Å². The van der Waals surface area contributed by atoms with Crippen LogP contribution in [0.25, 0.3) is 16.9 Å². The summed E-state index contributed by atoms with van der Waals surface area (Å²) in [4.78, 5) is 24.6. The molecule has 2 aliphatic rings. The third-order valence-corrected chi connectivity index (χ3v) is 9.11. The molecule has 40 heavy (non-hydrogen) atoms. The second-order valence-corrected chi connectivity index (χ2v) is 11.8. The Morgan fingerprint density at radius 3 is 2.85 bits per heavy atom. The minimum absolute atomic E-state index is 0.0596. The van der Waals surface area contributed by atoms with E-state index >= 15 is 0 Å². The Morgan fingerprint density at radius 2 is 2.08 bits per heavy atom. The van der Waals surface area contributed by atoms with Crippen LogP contribution >= 0.6 is 23.0 Å². The Balaban J connectivity index is 1.27. The third-order valence-electron chi connectivity index (χ3n) is 8.35. The van der Waals surface area contributed by atoms with Crippen molar-refractivity contribution in [3.63, 3.8) is 0 Å². The summed E-state index contributed by atoms with van der Waals surface area (Å²) in [5.41, 5.74) is 7.35. The van der Waals surface area contributed by atoms with E-state index in [4.69, 9.17) is 15.9 Å². The molecule has 3 atom stereocenters. The normalized spacial score (nSPS) is 21.6. The van der Waals surface area contributed by atoms with Crippen LogP contribution in [0.1, 0.15) is 48.2 Å². The van der Waals surface area contributed by atoms with Gasteiger partial charge in [0.15, 0.2) is 0 Å². The number of rotatable bonds is 6. The summed E-state index contributed by atoms with van der Waals surface area (Å²) in [7, 11) is 6.84. The van der Waals surface area contributed by atoms with Gasteiger partial charge < -0.3 is 18.6 Å². The summed E-state index contributed by atoms with van der Waals surface area (Å²) in [5, 5.41) is 5.95. The maximum Gasteiger partial charge on any atom is 0.254 e. The van der Waals surface area contributed by atoms with Crippen LogP contribution in [0.4, 0.5) is 17.2 Å². The highest BCUT2D eigenvalue weighted by atomic mass is 127. The van der Waals surface area contributed by atoms with E-state index in [1.165, 1.54) is 0 Å². The number of pyridine rings is 2. The van der Waals surface area contributed by atoms with Crippen molar-refractivity contribution in [2.45, 2.75) is 51.6 Å². The average molecular weight is 646 g/mol. The van der Waals surface area contributed by atoms with E-state index in [0.29, 0.717) is 30.4 Å². The van der Waals surface area contributed by atoms with E-state index in [1.54, 1.807) is 0 Å². The number of fused-ring (bicyclic) bond motifs is 2. The van der Waals surface area contributed by atoms with Gasteiger partial charge in [-0.05, 0) is 73.0 Å². The average Bonchev–Trinajstić information content (AvgIpc) is 3.51. The molecule has 1 amide bonds. The van der Waals surface area contributed by atoms with Crippen molar-refractivity contribution in [3.8, 4) is 11.3 Å². The van der Waals surface area contributed by atoms with Crippen molar-refractivity contribution in [2.75, 3.05) is 23.3 Å². The molecule has 2 N–H and O–H groups in total. The van der Waals surface area contributed by atoms with Crippen LogP contribution in [0.2, 0.25) is 5.31 Å². The fourth-order valence-corrected chi connectivity index (χ4v) is 6.36. The van der Waals surface area contributed by atoms with Crippen molar-refractivity contribution in [3.05, 3.63) is 71.7 Å². The predicted molar refractivity (Wildman–Crippen MR) is 168 cm³/mol. The molecule has 0 saturated carbocycles. The highest BCUT2D eigenvalue weighted by Crippen LogP contribution is 2.42. The lowest BCUT2D eigenvalue weighted by Crippen LogP contribution is -2.39. The van der Waals surface area contributed by atoms with Crippen molar-refractivity contribution < 1.29 is 7.86 Å². The molecule has 3 unspecified atom stereocenters. The van der Waals surface area contributed by atoms with Crippen molar-refractivity contribution in [1.82, 2.24) is 19.7 Å². The summed E-state index contributed by atoms with van der Waals surface area (Å²) in [6.07, 6.45) is 7.69. The van der Waals surface area contributed by atoms with Gasteiger partial charge in [0.25, 0.3) is 5.91 Å². The number of hydrogen-bond acceptors (Lipinski definition) is 6. The summed E-state index contributed by atoms with van der Waals surface area (Å²) < 4.78 is 7.67. The molecule has 2 aliphatic heterocycles. The van der Waals surface area contributed by atoms with Gasteiger partial charge in [0.2, 0.25) is 0 Å². The molecule has 0 aliphatic carbocycles. The first-order valence-electron chi connectivity index (χ1n) is 13.7. The fraction of sp³-hybridized carbons (Fsp3) is 0.367. The number of imidazole rings is 1. The van der Waals surface area contributed by atoms with Crippen LogP contribution in [-0.4, -0.2) is 47.3 Å². The first-order chi connectivity index (χ1) is 19.3. The molecule has 3 aromatic heterocycles. The quantitative estimate of drug-likeness (QED) is 0.197. The van der Waals surface area contributed by atoms with Gasteiger partial charge in [-0.3, -0.25) is 9.20 Å². The number of benzene rings is 1. The first-order valence-corrected chi connectivity index (χ1v) is 14.6. The van der Waals surface area contributed by atoms with E-state index in [0.717, 1.165) is 58.8 Å². The van der Waals surface area contributed by atoms with Gasteiger partial charge in [-0.25, -0.2) is 9.97 Å². The van der Waals surface area contributed by atoms with E-state index in [1.807, 2.05) is 60.7 Å². The minimum Gasteiger partial charge on any atom is -0.370 e. The summed E-state index contributed by atoms with van der Waals surface area (Å²) in [6, 6.07) is 12.1. The standard InChI is InChI=1S/C30H32BIN6O2/c1-18-9-11-38-25(15-34-27(38)12-18)22-5-6-24(28-23(22)14-35-29(28)39)36-26-7-4-21(13-33-26)37-16-19(2)8-10-30(31,17-37)20(3)40-32/h4-7,9,11-13,15,19-20H,8,10,14,16-17H2,1-3H3,(H,33,36)(H,35,39). The first kappa shape index (κ1) is 27.1. The number of aryl methyl sites for hydroxylation is 1. The van der Waals surface area contributed by atoms with Gasteiger partial charge in [0, 0.05) is 31.4 Å². The Hall–Kier alpha value is -3.12. The molecule has 4 aromatic rings. The number of halogens is 1. The maximum atomic E-state index is 12.9. The number of hydrogen-bond donors (Lipinski definition) is 2. The highest BCUT2D eigenvalue weighted by molar-refractivity contribution is 14.1. The van der Waals surface area contributed by atoms with Crippen molar-refractivity contribution in [1.29, 1.82) is 0 Å². The number of aromatic nitrogens is 3. The smallest absolute Gasteiger partial charge is 0.254 e. The highest BCUT2D eigenvalue weighted by Gasteiger charge is 2.36. The molecule has 0 spiro atoms. The van der Waals surface area contributed by atoms with Crippen molar-refractivity contribution in [2.24, 2.45) is 5.92 Å². The summed E-state index contributed by atoms with van der Waals surface area (Å²) in [6.45, 7) is 8.45. The van der Waals surface area contributed by atoms with Gasteiger partial charge in [-0.1, -0.05) is 19.4 Å². The van der Waals surface area contributed by atoms with Crippen LogP contribution in [0.5, 0.6) is 0 Å². The van der Waals surface area contributed by atoms with E-state index in [9.17, 15) is 4.79 Å². The third kappa shape index (κ3) is 4.96. The molecule has 8 nitrogen and oxygen atoms in total. The molecule has 1 saturated heterocycles. The zero-order valence-corrected chi connectivity index (χ0v) is 25.1. The molecule has 5 heterocycles. The van der Waals surface area contributed by atoms with Crippen LogP contribution in [0.3, 0.4) is 0 Å². The Bertz CT molecular complexity index is 1570. The topological polar surface area (TPSA) is 83.8 Å². The second-order valence-electron chi connectivity index (χ2n) is 11.3. The van der Waals surface area contributed by atoms with Gasteiger partial charge in [0.05, 0.1) is 49.0 Å². The molecule has 2 radical (unpaired) electrons. The fourth-order valence-electron chi connectivity index (χ4n) is 5.86. The molecule has 204 valence electrons. The number of nitrogens with one attached hydrogen (secondary N) is 2. The largest absolute Gasteiger partial charge is 0.370 e. The molecule has 1 fully saturated rings. The van der Waals surface area contributed by atoms with Gasteiger partial charge >= 0.3 is 0 Å². The zero-order valence-electron chi connectivity index (χ0n) is 22.9. The van der Waals surface area contributed by atoms with Crippen LogP contribution < -0.4 is 15.5 Å². The molecular weight excluding hydrogens is 614 g/mol. The predicted octanol–water partition coefficient (Wildman–Crippen LogP) is 6.01. The minimum atomic E-state index is -0.432. The lowest BCUT2D eigenvalue weighted by molar-refractivity contribution is 0.0966.